The van der Waals surface area contributed by atoms with Gasteiger partial charge in [0, 0.05) is 0 Å². The maximum absolute atomic E-state index is 2.48. The van der Waals surface area contributed by atoms with Crippen molar-refractivity contribution in [1.82, 2.24) is 0 Å². The highest BCUT2D eigenvalue weighted by Gasteiger charge is 2.36. The number of unbranched alkanes of at least 4 members (excludes halogenated alkanes) is 8. The zero-order valence-electron chi connectivity index (χ0n) is 20.1. The van der Waals surface area contributed by atoms with Gasteiger partial charge in [0.2, 0.25) is 0 Å². The zero-order chi connectivity index (χ0) is 20.1. The minimum Gasteiger partial charge on any atom is -0.0654 e. The first kappa shape index (κ1) is 24.3. The SMILES string of the molecule is CCCCCCCC1CCC(C2CCC(CC)(CCCCCCC)CC2)CC1. The van der Waals surface area contributed by atoms with Crippen LogP contribution in [0.15, 0.2) is 0 Å². The van der Waals surface area contributed by atoms with E-state index in [1.165, 1.54) is 83.5 Å². The highest BCUT2D eigenvalue weighted by atomic mass is 14.4. The first-order valence-corrected chi connectivity index (χ1v) is 13.7. The van der Waals surface area contributed by atoms with Crippen molar-refractivity contribution in [2.24, 2.45) is 23.2 Å². The van der Waals surface area contributed by atoms with Crippen LogP contribution in [0.3, 0.4) is 0 Å². The van der Waals surface area contributed by atoms with Gasteiger partial charge < -0.3 is 0 Å². The molecule has 0 radical (unpaired) electrons. The maximum atomic E-state index is 2.48. The monoisotopic (exact) mass is 390 g/mol. The Bertz CT molecular complexity index is 354. The summed E-state index contributed by atoms with van der Waals surface area (Å²) < 4.78 is 0. The van der Waals surface area contributed by atoms with E-state index in [0.717, 1.165) is 23.2 Å². The Morgan fingerprint density at radius 2 is 1.11 bits per heavy atom. The molecule has 2 rings (SSSR count). The summed E-state index contributed by atoms with van der Waals surface area (Å²) in [4.78, 5) is 0. The second-order valence-corrected chi connectivity index (χ2v) is 10.8. The van der Waals surface area contributed by atoms with Crippen LogP contribution in [0, 0.1) is 23.2 Å². The van der Waals surface area contributed by atoms with Crippen molar-refractivity contribution >= 4 is 0 Å². The molecule has 2 fully saturated rings. The average Bonchev–Trinajstić information content (AvgIpc) is 2.74. The van der Waals surface area contributed by atoms with Crippen LogP contribution in [0.25, 0.3) is 0 Å². The van der Waals surface area contributed by atoms with Gasteiger partial charge in [-0.2, -0.15) is 0 Å². The summed E-state index contributed by atoms with van der Waals surface area (Å²) in [5.74, 6) is 3.26. The predicted molar refractivity (Wildman–Crippen MR) is 127 cm³/mol. The first-order chi connectivity index (χ1) is 13.7. The van der Waals surface area contributed by atoms with E-state index in [2.05, 4.69) is 20.8 Å². The molecule has 0 aliphatic heterocycles. The molecule has 166 valence electrons. The van der Waals surface area contributed by atoms with E-state index in [1.54, 1.807) is 51.4 Å². The summed E-state index contributed by atoms with van der Waals surface area (Å²) in [6, 6.07) is 0. The van der Waals surface area contributed by atoms with Crippen LogP contribution < -0.4 is 0 Å². The lowest BCUT2D eigenvalue weighted by Gasteiger charge is -2.44. The molecule has 2 saturated carbocycles. The normalized spacial score (nSPS) is 31.2. The molecule has 0 amide bonds. The fourth-order valence-corrected chi connectivity index (χ4v) is 6.59. The van der Waals surface area contributed by atoms with Gasteiger partial charge in [0.1, 0.15) is 0 Å². The van der Waals surface area contributed by atoms with Crippen LogP contribution in [0.4, 0.5) is 0 Å². The van der Waals surface area contributed by atoms with Gasteiger partial charge in [0.25, 0.3) is 0 Å². The maximum Gasteiger partial charge on any atom is -0.0300 e. The van der Waals surface area contributed by atoms with Crippen LogP contribution in [0.5, 0.6) is 0 Å². The fraction of sp³-hybridized carbons (Fsp3) is 1.00. The van der Waals surface area contributed by atoms with Gasteiger partial charge in [-0.1, -0.05) is 111 Å². The highest BCUT2D eigenvalue weighted by Crippen LogP contribution is 2.49. The van der Waals surface area contributed by atoms with E-state index in [9.17, 15) is 0 Å². The van der Waals surface area contributed by atoms with E-state index >= 15 is 0 Å². The summed E-state index contributed by atoms with van der Waals surface area (Å²) in [6.45, 7) is 7.14. The largest absolute Gasteiger partial charge is 0.0654 e. The molecule has 0 unspecified atom stereocenters. The van der Waals surface area contributed by atoms with E-state index in [-0.39, 0.29) is 0 Å². The number of hydrogen-bond donors (Lipinski definition) is 0. The Balaban J connectivity index is 1.61. The van der Waals surface area contributed by atoms with Gasteiger partial charge in [-0.05, 0) is 68.1 Å². The van der Waals surface area contributed by atoms with Gasteiger partial charge >= 0.3 is 0 Å². The Hall–Kier alpha value is 0. The lowest BCUT2D eigenvalue weighted by molar-refractivity contribution is 0.0797. The van der Waals surface area contributed by atoms with Gasteiger partial charge in [-0.3, -0.25) is 0 Å². The lowest BCUT2D eigenvalue weighted by atomic mass is 9.62. The molecule has 0 nitrogen and oxygen atoms in total. The smallest absolute Gasteiger partial charge is 0.0300 e. The third-order valence-electron chi connectivity index (χ3n) is 8.93. The molecule has 0 aromatic heterocycles. The molecule has 0 bridgehead atoms. The summed E-state index contributed by atoms with van der Waals surface area (Å²) >= 11 is 0. The molecular weight excluding hydrogens is 336 g/mol. The molecule has 0 heteroatoms. The molecule has 0 atom stereocenters. The summed E-state index contributed by atoms with van der Waals surface area (Å²) in [5.41, 5.74) is 0.735. The summed E-state index contributed by atoms with van der Waals surface area (Å²) in [5, 5.41) is 0. The van der Waals surface area contributed by atoms with Crippen molar-refractivity contribution in [2.45, 2.75) is 156 Å². The third kappa shape index (κ3) is 8.39. The standard InChI is InChI=1S/C28H54/c1-4-7-9-11-13-15-25-16-18-26(19-17-25)27-20-23-28(6-3,24-21-27)22-14-12-10-8-5-2/h25-27H,4-24H2,1-3H3. The van der Waals surface area contributed by atoms with Crippen LogP contribution in [0.2, 0.25) is 0 Å². The quantitative estimate of drug-likeness (QED) is 0.259. The highest BCUT2D eigenvalue weighted by molar-refractivity contribution is 4.88. The molecule has 2 aliphatic rings. The Kier molecular flexibility index (Phi) is 12.2. The molecule has 28 heavy (non-hydrogen) atoms. The van der Waals surface area contributed by atoms with Crippen molar-refractivity contribution in [3.8, 4) is 0 Å². The molecule has 0 spiro atoms. The zero-order valence-corrected chi connectivity index (χ0v) is 20.1. The van der Waals surface area contributed by atoms with E-state index in [1.807, 2.05) is 0 Å². The molecule has 0 aromatic carbocycles. The van der Waals surface area contributed by atoms with E-state index < -0.39 is 0 Å². The molecule has 0 aromatic rings. The molecule has 0 heterocycles. The minimum absolute atomic E-state index is 0.735. The second-order valence-electron chi connectivity index (χ2n) is 10.8. The van der Waals surface area contributed by atoms with Crippen molar-refractivity contribution < 1.29 is 0 Å². The van der Waals surface area contributed by atoms with Gasteiger partial charge in [0.15, 0.2) is 0 Å². The number of hydrogen-bond acceptors (Lipinski definition) is 0. The van der Waals surface area contributed by atoms with Gasteiger partial charge in [-0.15, -0.1) is 0 Å². The van der Waals surface area contributed by atoms with E-state index in [4.69, 9.17) is 0 Å². The Morgan fingerprint density at radius 1 is 0.571 bits per heavy atom. The first-order valence-electron chi connectivity index (χ1n) is 13.7. The lowest BCUT2D eigenvalue weighted by Crippen LogP contribution is -2.31. The van der Waals surface area contributed by atoms with Crippen molar-refractivity contribution in [2.75, 3.05) is 0 Å². The van der Waals surface area contributed by atoms with Crippen molar-refractivity contribution in [3.05, 3.63) is 0 Å². The van der Waals surface area contributed by atoms with Crippen LogP contribution in [0.1, 0.15) is 156 Å². The number of rotatable bonds is 14. The third-order valence-corrected chi connectivity index (χ3v) is 8.93. The topological polar surface area (TPSA) is 0 Å². The molecule has 0 saturated heterocycles. The summed E-state index contributed by atoms with van der Waals surface area (Å²) in [7, 11) is 0. The second kappa shape index (κ2) is 14.1. The van der Waals surface area contributed by atoms with Crippen molar-refractivity contribution in [1.29, 1.82) is 0 Å². The fourth-order valence-electron chi connectivity index (χ4n) is 6.59. The van der Waals surface area contributed by atoms with Crippen molar-refractivity contribution in [3.63, 3.8) is 0 Å². The van der Waals surface area contributed by atoms with Gasteiger partial charge in [-0.25, -0.2) is 0 Å². The molecular formula is C28H54. The van der Waals surface area contributed by atoms with E-state index in [0.29, 0.717) is 0 Å². The average molecular weight is 391 g/mol. The molecule has 2 aliphatic carbocycles. The van der Waals surface area contributed by atoms with Crippen LogP contribution in [-0.4, -0.2) is 0 Å². The van der Waals surface area contributed by atoms with Gasteiger partial charge in [0.05, 0.1) is 0 Å². The predicted octanol–water partition coefficient (Wildman–Crippen LogP) is 10.1. The Labute approximate surface area is 179 Å². The minimum atomic E-state index is 0.735. The molecule has 0 N–H and O–H groups in total. The Morgan fingerprint density at radius 3 is 1.68 bits per heavy atom. The van der Waals surface area contributed by atoms with Crippen LogP contribution in [-0.2, 0) is 0 Å². The summed E-state index contributed by atoms with van der Waals surface area (Å²) in [6.07, 6.45) is 31.6. The van der Waals surface area contributed by atoms with Crippen LogP contribution >= 0.6 is 0 Å².